The maximum absolute atomic E-state index is 15.0. The maximum Gasteiger partial charge on any atom is 0.266 e. The van der Waals surface area contributed by atoms with Crippen LogP contribution in [0.3, 0.4) is 0 Å². The van der Waals surface area contributed by atoms with E-state index in [-0.39, 0.29) is 6.71 Å². The van der Waals surface area contributed by atoms with Gasteiger partial charge in [-0.2, -0.15) is 4.39 Å². The summed E-state index contributed by atoms with van der Waals surface area (Å²) in [5, 5.41) is 7.56. The molecule has 0 fully saturated rings. The van der Waals surface area contributed by atoms with E-state index in [1.807, 2.05) is 6.07 Å². The van der Waals surface area contributed by atoms with Crippen LogP contribution in [0.15, 0.2) is 188 Å². The minimum Gasteiger partial charge on any atom is -0.234 e. The average molecular weight is 629 g/mol. The molecule has 0 bridgehead atoms. The number of halogens is 1. The topological polar surface area (TPSA) is 12.9 Å². The summed E-state index contributed by atoms with van der Waals surface area (Å²) < 4.78 is 15.0. The van der Waals surface area contributed by atoms with Gasteiger partial charge in [-0.05, 0) is 59.8 Å². The lowest BCUT2D eigenvalue weighted by Gasteiger charge is -2.28. The highest BCUT2D eigenvalue weighted by Crippen LogP contribution is 2.34. The number of rotatable bonds is 9. The van der Waals surface area contributed by atoms with Crippen molar-refractivity contribution >= 4 is 70.9 Å². The number of pyridine rings is 1. The van der Waals surface area contributed by atoms with E-state index in [2.05, 4.69) is 175 Å². The van der Waals surface area contributed by atoms with Gasteiger partial charge >= 0.3 is 0 Å². The lowest BCUT2D eigenvalue weighted by molar-refractivity contribution is 0.587. The first-order valence-electron chi connectivity index (χ1n) is 15.4. The van der Waals surface area contributed by atoms with Gasteiger partial charge < -0.3 is 0 Å². The Labute approximate surface area is 273 Å². The molecule has 6 aromatic carbocycles. The van der Waals surface area contributed by atoms with Crippen molar-refractivity contribution in [3.63, 3.8) is 0 Å². The van der Waals surface area contributed by atoms with Crippen LogP contribution in [-0.2, 0) is 0 Å². The molecule has 0 amide bonds. The minimum atomic E-state index is -0.916. The highest BCUT2D eigenvalue weighted by atomic mass is 31.1. The van der Waals surface area contributed by atoms with Crippen molar-refractivity contribution in [2.75, 3.05) is 0 Å². The van der Waals surface area contributed by atoms with Crippen LogP contribution in [0.2, 0.25) is 0 Å². The van der Waals surface area contributed by atoms with E-state index in [4.69, 9.17) is 0 Å². The Bertz CT molecular complexity index is 1820. The zero-order valence-corrected chi connectivity index (χ0v) is 27.0. The van der Waals surface area contributed by atoms with Crippen LogP contribution < -0.4 is 48.3 Å². The summed E-state index contributed by atoms with van der Waals surface area (Å²) in [7, 11) is -1.83. The van der Waals surface area contributed by atoms with Crippen molar-refractivity contribution in [2.45, 2.75) is 0 Å². The highest BCUT2D eigenvalue weighted by Gasteiger charge is 2.33. The number of nitrogens with zero attached hydrogens (tertiary/aromatic N) is 1. The predicted molar refractivity (Wildman–Crippen MR) is 199 cm³/mol. The molecule has 0 spiro atoms. The molecule has 0 aliphatic carbocycles. The van der Waals surface area contributed by atoms with Crippen molar-refractivity contribution in [1.82, 2.24) is 4.98 Å². The van der Waals surface area contributed by atoms with E-state index < -0.39 is 21.8 Å². The molecule has 7 rings (SSSR count). The zero-order valence-electron chi connectivity index (χ0n) is 25.2. The summed E-state index contributed by atoms with van der Waals surface area (Å²) >= 11 is 0. The SMILES string of the molecule is Fc1cccc(B(c2ccccc2P(c2ccccc2)c2ccccc2)c2ccccc2P(c2ccccc2)c2ccccc2)n1. The second kappa shape index (κ2) is 14.2. The summed E-state index contributed by atoms with van der Waals surface area (Å²) in [6.45, 7) is -0.294. The first-order chi connectivity index (χ1) is 22.8. The molecular formula is C41H31BFNP2. The van der Waals surface area contributed by atoms with Gasteiger partial charge in [0.05, 0.1) is 0 Å². The summed E-state index contributed by atoms with van der Waals surface area (Å²) in [6, 6.07) is 65.6. The average Bonchev–Trinajstić information content (AvgIpc) is 3.12. The normalized spacial score (nSPS) is 11.1. The van der Waals surface area contributed by atoms with Crippen molar-refractivity contribution in [3.05, 3.63) is 194 Å². The minimum absolute atomic E-state index is 0.294. The number of aromatic nitrogens is 1. The maximum atomic E-state index is 15.0. The molecule has 0 unspecified atom stereocenters. The largest absolute Gasteiger partial charge is 0.266 e. The van der Waals surface area contributed by atoms with Gasteiger partial charge in [-0.3, -0.25) is 0 Å². The third kappa shape index (κ3) is 6.36. The number of benzene rings is 6. The lowest BCUT2D eigenvalue weighted by Crippen LogP contribution is -2.61. The molecule has 0 saturated carbocycles. The van der Waals surface area contributed by atoms with Crippen molar-refractivity contribution in [2.24, 2.45) is 0 Å². The second-order valence-corrected chi connectivity index (χ2v) is 15.3. The Balaban J connectivity index is 1.50. The second-order valence-electron chi connectivity index (χ2n) is 10.9. The molecule has 0 aliphatic heterocycles. The van der Waals surface area contributed by atoms with Crippen LogP contribution in [0, 0.1) is 5.95 Å². The molecule has 7 aromatic rings. The fourth-order valence-electron chi connectivity index (χ4n) is 6.10. The summed E-state index contributed by atoms with van der Waals surface area (Å²) in [5.74, 6) is -0.473. The third-order valence-electron chi connectivity index (χ3n) is 8.07. The van der Waals surface area contributed by atoms with Crippen LogP contribution in [0.25, 0.3) is 0 Å². The molecule has 0 radical (unpaired) electrons. The van der Waals surface area contributed by atoms with Crippen LogP contribution in [0.1, 0.15) is 0 Å². The summed E-state index contributed by atoms with van der Waals surface area (Å²) in [5.41, 5.74) is 2.98. The van der Waals surface area contributed by atoms with Gasteiger partial charge in [0.1, 0.15) is 0 Å². The van der Waals surface area contributed by atoms with E-state index in [1.165, 1.54) is 37.9 Å². The third-order valence-corrected chi connectivity index (χ3v) is 13.1. The molecule has 0 aliphatic rings. The van der Waals surface area contributed by atoms with E-state index in [9.17, 15) is 0 Å². The predicted octanol–water partition coefficient (Wildman–Crippen LogP) is 5.25. The van der Waals surface area contributed by atoms with Gasteiger partial charge in [0.2, 0.25) is 5.95 Å². The standard InChI is InChI=1S/C41H31BFNP2/c43-41-31-17-30-40(44-41)42(36-26-13-15-28-38(36)45(32-18-5-1-6-19-32)33-20-7-2-8-21-33)37-27-14-16-29-39(37)46(34-22-9-3-10-23-34)35-24-11-4-12-25-35/h1-31H. The summed E-state index contributed by atoms with van der Waals surface area (Å²) in [4.78, 5) is 4.57. The Hall–Kier alpha value is -4.68. The molecule has 1 aromatic heterocycles. The highest BCUT2D eigenvalue weighted by molar-refractivity contribution is 7.81. The van der Waals surface area contributed by atoms with Gasteiger partial charge in [0.25, 0.3) is 6.71 Å². The number of hydrogen-bond acceptors (Lipinski definition) is 1. The molecule has 46 heavy (non-hydrogen) atoms. The van der Waals surface area contributed by atoms with E-state index >= 15 is 4.39 Å². The first-order valence-corrected chi connectivity index (χ1v) is 18.1. The monoisotopic (exact) mass is 629 g/mol. The van der Waals surface area contributed by atoms with Crippen LogP contribution in [0.4, 0.5) is 4.39 Å². The van der Waals surface area contributed by atoms with Crippen molar-refractivity contribution in [1.29, 1.82) is 0 Å². The van der Waals surface area contributed by atoms with Gasteiger partial charge in [-0.25, -0.2) is 4.98 Å². The zero-order chi connectivity index (χ0) is 31.1. The molecule has 1 heterocycles. The van der Waals surface area contributed by atoms with Gasteiger partial charge in [0.15, 0.2) is 0 Å². The van der Waals surface area contributed by atoms with E-state index in [0.717, 1.165) is 10.9 Å². The molecule has 1 nitrogen and oxygen atoms in total. The van der Waals surface area contributed by atoms with Gasteiger partial charge in [-0.15, -0.1) is 0 Å². The van der Waals surface area contributed by atoms with Gasteiger partial charge in [0, 0.05) is 5.59 Å². The fourth-order valence-corrected chi connectivity index (χ4v) is 11.1. The summed E-state index contributed by atoms with van der Waals surface area (Å²) in [6.07, 6.45) is 0. The van der Waals surface area contributed by atoms with E-state index in [1.54, 1.807) is 6.07 Å². The Morgan fingerprint density at radius 3 is 1.09 bits per heavy atom. The van der Waals surface area contributed by atoms with Crippen LogP contribution in [-0.4, -0.2) is 11.7 Å². The van der Waals surface area contributed by atoms with Crippen molar-refractivity contribution < 1.29 is 4.39 Å². The van der Waals surface area contributed by atoms with Gasteiger partial charge in [-0.1, -0.05) is 187 Å². The number of hydrogen-bond donors (Lipinski definition) is 0. The quantitative estimate of drug-likeness (QED) is 0.121. The van der Waals surface area contributed by atoms with Crippen LogP contribution in [0.5, 0.6) is 0 Å². The first kappa shape index (κ1) is 30.0. The molecule has 220 valence electrons. The van der Waals surface area contributed by atoms with Crippen LogP contribution >= 0.6 is 15.8 Å². The lowest BCUT2D eigenvalue weighted by atomic mass is 9.38. The molecule has 0 atom stereocenters. The Kier molecular flexibility index (Phi) is 9.25. The Morgan fingerprint density at radius 1 is 0.370 bits per heavy atom. The molecular weight excluding hydrogens is 598 g/mol. The molecule has 5 heteroatoms. The smallest absolute Gasteiger partial charge is 0.234 e. The van der Waals surface area contributed by atoms with Crippen molar-refractivity contribution in [3.8, 4) is 0 Å². The fraction of sp³-hybridized carbons (Fsp3) is 0. The van der Waals surface area contributed by atoms with E-state index in [0.29, 0.717) is 5.59 Å². The molecule has 0 saturated heterocycles. The Morgan fingerprint density at radius 2 is 0.717 bits per heavy atom. The molecule has 0 N–H and O–H groups in total.